The van der Waals surface area contributed by atoms with Gasteiger partial charge in [0.25, 0.3) is 11.8 Å². The van der Waals surface area contributed by atoms with Crippen molar-refractivity contribution in [2.75, 3.05) is 30.3 Å². The molecule has 1 fully saturated rings. The summed E-state index contributed by atoms with van der Waals surface area (Å²) >= 11 is 1.41. The molecule has 0 atom stereocenters. The van der Waals surface area contributed by atoms with Gasteiger partial charge in [-0.2, -0.15) is 0 Å². The standard InChI is InChI=1S/C25H25FN4O3S/c26-17-7-9-18(10-8-17)27-24(32)20-4-1-2-5-21(20)29-23(31)16-30-13-11-19(12-14-30)28-25(33)22-6-3-15-34-22/h1-10,15,19H,11-14,16H2,(H,27,32)(H,28,33)(H,29,31). The lowest BCUT2D eigenvalue weighted by Gasteiger charge is -2.31. The highest BCUT2D eigenvalue weighted by atomic mass is 32.1. The van der Waals surface area contributed by atoms with Gasteiger partial charge in [-0.3, -0.25) is 19.3 Å². The van der Waals surface area contributed by atoms with Gasteiger partial charge in [-0.25, -0.2) is 4.39 Å². The molecule has 7 nitrogen and oxygen atoms in total. The van der Waals surface area contributed by atoms with E-state index < -0.39 is 5.91 Å². The Morgan fingerprint density at radius 1 is 0.912 bits per heavy atom. The fraction of sp³-hybridized carbons (Fsp3) is 0.240. The molecule has 0 aliphatic carbocycles. The molecule has 0 unspecified atom stereocenters. The number of benzene rings is 2. The number of carbonyl (C=O) groups is 3. The lowest BCUT2D eigenvalue weighted by atomic mass is 10.0. The Morgan fingerprint density at radius 3 is 2.35 bits per heavy atom. The quantitative estimate of drug-likeness (QED) is 0.477. The SMILES string of the molecule is O=C(CN1CCC(NC(=O)c2cccs2)CC1)Nc1ccccc1C(=O)Nc1ccc(F)cc1. The first kappa shape index (κ1) is 23.6. The Bertz CT molecular complexity index is 1140. The summed E-state index contributed by atoms with van der Waals surface area (Å²) in [6, 6.07) is 16.0. The summed E-state index contributed by atoms with van der Waals surface area (Å²) in [5.41, 5.74) is 1.18. The van der Waals surface area contributed by atoms with E-state index in [1.807, 2.05) is 16.3 Å². The number of nitrogens with one attached hydrogen (secondary N) is 3. The highest BCUT2D eigenvalue weighted by molar-refractivity contribution is 7.12. The maximum atomic E-state index is 13.1. The van der Waals surface area contributed by atoms with Gasteiger partial charge in [-0.1, -0.05) is 18.2 Å². The van der Waals surface area contributed by atoms with Gasteiger partial charge in [0.2, 0.25) is 5.91 Å². The van der Waals surface area contributed by atoms with Gasteiger partial charge < -0.3 is 16.0 Å². The summed E-state index contributed by atoms with van der Waals surface area (Å²) in [5.74, 6) is -1.06. The van der Waals surface area contributed by atoms with Crippen LogP contribution in [-0.2, 0) is 4.79 Å². The number of rotatable bonds is 7. The van der Waals surface area contributed by atoms with Crippen LogP contribution in [0, 0.1) is 5.82 Å². The molecule has 1 saturated heterocycles. The Balaban J connectivity index is 1.28. The second kappa shape index (κ2) is 11.0. The van der Waals surface area contributed by atoms with E-state index in [0.29, 0.717) is 34.9 Å². The minimum Gasteiger partial charge on any atom is -0.349 e. The lowest BCUT2D eigenvalue weighted by molar-refractivity contribution is -0.117. The molecule has 0 saturated carbocycles. The number of piperidine rings is 1. The Hall–Kier alpha value is -3.56. The molecular formula is C25H25FN4O3S. The summed E-state index contributed by atoms with van der Waals surface area (Å²) in [6.45, 7) is 1.57. The van der Waals surface area contributed by atoms with E-state index >= 15 is 0 Å². The van der Waals surface area contributed by atoms with E-state index in [9.17, 15) is 18.8 Å². The van der Waals surface area contributed by atoms with Crippen LogP contribution in [0.15, 0.2) is 66.0 Å². The molecule has 1 aliphatic heterocycles. The summed E-state index contributed by atoms with van der Waals surface area (Å²) in [4.78, 5) is 40.3. The maximum Gasteiger partial charge on any atom is 0.261 e. The molecule has 1 aromatic heterocycles. The second-order valence-corrected chi connectivity index (χ2v) is 9.00. The third-order valence-corrected chi connectivity index (χ3v) is 6.45. The van der Waals surface area contributed by atoms with E-state index in [2.05, 4.69) is 16.0 Å². The van der Waals surface area contributed by atoms with Gasteiger partial charge in [0, 0.05) is 24.8 Å². The van der Waals surface area contributed by atoms with Gasteiger partial charge in [0.15, 0.2) is 0 Å². The molecule has 0 bridgehead atoms. The summed E-state index contributed by atoms with van der Waals surface area (Å²) in [6.07, 6.45) is 1.53. The number of likely N-dealkylation sites (tertiary alicyclic amines) is 1. The summed E-state index contributed by atoms with van der Waals surface area (Å²) in [5, 5.41) is 10.5. The molecule has 3 N–H and O–H groups in total. The van der Waals surface area contributed by atoms with E-state index in [0.717, 1.165) is 12.8 Å². The van der Waals surface area contributed by atoms with Crippen LogP contribution in [0.3, 0.4) is 0 Å². The molecule has 3 aromatic rings. The second-order valence-electron chi connectivity index (χ2n) is 8.06. The van der Waals surface area contributed by atoms with Crippen molar-refractivity contribution in [1.29, 1.82) is 0 Å². The Labute approximate surface area is 201 Å². The van der Waals surface area contributed by atoms with E-state index in [1.165, 1.54) is 35.6 Å². The van der Waals surface area contributed by atoms with Crippen molar-refractivity contribution in [3.05, 3.63) is 82.3 Å². The molecule has 2 aromatic carbocycles. The van der Waals surface area contributed by atoms with E-state index in [-0.39, 0.29) is 30.2 Å². The Kier molecular flexibility index (Phi) is 7.66. The number of thiophene rings is 1. The van der Waals surface area contributed by atoms with Crippen molar-refractivity contribution in [1.82, 2.24) is 10.2 Å². The van der Waals surface area contributed by atoms with Gasteiger partial charge in [-0.15, -0.1) is 11.3 Å². The molecule has 0 spiro atoms. The molecule has 3 amide bonds. The predicted molar refractivity (Wildman–Crippen MR) is 131 cm³/mol. The fourth-order valence-corrected chi connectivity index (χ4v) is 4.44. The van der Waals surface area contributed by atoms with Crippen LogP contribution in [0.25, 0.3) is 0 Å². The monoisotopic (exact) mass is 480 g/mol. The highest BCUT2D eigenvalue weighted by Crippen LogP contribution is 2.19. The van der Waals surface area contributed by atoms with Gasteiger partial charge >= 0.3 is 0 Å². The van der Waals surface area contributed by atoms with Crippen molar-refractivity contribution in [2.45, 2.75) is 18.9 Å². The summed E-state index contributed by atoms with van der Waals surface area (Å²) in [7, 11) is 0. The van der Waals surface area contributed by atoms with Crippen molar-refractivity contribution < 1.29 is 18.8 Å². The fourth-order valence-electron chi connectivity index (χ4n) is 3.81. The third-order valence-electron chi connectivity index (χ3n) is 5.58. The van der Waals surface area contributed by atoms with Crippen LogP contribution >= 0.6 is 11.3 Å². The zero-order valence-electron chi connectivity index (χ0n) is 18.4. The lowest BCUT2D eigenvalue weighted by Crippen LogP contribution is -2.46. The third kappa shape index (κ3) is 6.27. The molecule has 34 heavy (non-hydrogen) atoms. The van der Waals surface area contributed by atoms with Gasteiger partial charge in [0.05, 0.1) is 22.7 Å². The zero-order chi connectivity index (χ0) is 23.9. The Morgan fingerprint density at radius 2 is 1.65 bits per heavy atom. The van der Waals surface area contributed by atoms with Crippen molar-refractivity contribution in [2.24, 2.45) is 0 Å². The number of amides is 3. The zero-order valence-corrected chi connectivity index (χ0v) is 19.2. The molecule has 9 heteroatoms. The van der Waals surface area contributed by atoms with Crippen LogP contribution in [0.4, 0.5) is 15.8 Å². The van der Waals surface area contributed by atoms with Crippen LogP contribution in [0.5, 0.6) is 0 Å². The molecule has 1 aliphatic rings. The van der Waals surface area contributed by atoms with Gasteiger partial charge in [-0.05, 0) is 60.7 Å². The average molecular weight is 481 g/mol. The number of hydrogen-bond acceptors (Lipinski definition) is 5. The number of carbonyl (C=O) groups excluding carboxylic acids is 3. The van der Waals surface area contributed by atoms with Crippen molar-refractivity contribution >= 4 is 40.4 Å². The highest BCUT2D eigenvalue weighted by Gasteiger charge is 2.23. The summed E-state index contributed by atoms with van der Waals surface area (Å²) < 4.78 is 13.1. The molecule has 176 valence electrons. The number of nitrogens with zero attached hydrogens (tertiary/aromatic N) is 1. The molecule has 2 heterocycles. The van der Waals surface area contributed by atoms with Crippen LogP contribution in [0.2, 0.25) is 0 Å². The van der Waals surface area contributed by atoms with E-state index in [4.69, 9.17) is 0 Å². The first-order chi connectivity index (χ1) is 16.5. The normalized spacial score (nSPS) is 14.4. The van der Waals surface area contributed by atoms with Gasteiger partial charge in [0.1, 0.15) is 5.82 Å². The maximum absolute atomic E-state index is 13.1. The minimum absolute atomic E-state index is 0.0540. The van der Waals surface area contributed by atoms with Crippen LogP contribution in [-0.4, -0.2) is 48.3 Å². The topological polar surface area (TPSA) is 90.5 Å². The first-order valence-corrected chi connectivity index (χ1v) is 11.9. The van der Waals surface area contributed by atoms with Crippen molar-refractivity contribution in [3.63, 3.8) is 0 Å². The number of para-hydroxylation sites is 1. The molecular weight excluding hydrogens is 455 g/mol. The number of hydrogen-bond donors (Lipinski definition) is 3. The minimum atomic E-state index is -0.398. The molecule has 4 rings (SSSR count). The number of anilines is 2. The average Bonchev–Trinajstić information content (AvgIpc) is 3.37. The van der Waals surface area contributed by atoms with Crippen LogP contribution < -0.4 is 16.0 Å². The van der Waals surface area contributed by atoms with E-state index in [1.54, 1.807) is 30.3 Å². The predicted octanol–water partition coefficient (Wildman–Crippen LogP) is 3.97. The number of halogens is 1. The first-order valence-electron chi connectivity index (χ1n) is 11.0. The van der Waals surface area contributed by atoms with Crippen molar-refractivity contribution in [3.8, 4) is 0 Å². The smallest absolute Gasteiger partial charge is 0.261 e. The van der Waals surface area contributed by atoms with Crippen LogP contribution in [0.1, 0.15) is 32.9 Å². The largest absolute Gasteiger partial charge is 0.349 e. The molecule has 0 radical (unpaired) electrons.